The Morgan fingerprint density at radius 3 is 2.63 bits per heavy atom. The summed E-state index contributed by atoms with van der Waals surface area (Å²) in [5.41, 5.74) is 2.19. The molecular weight excluding hydrogens is 513 g/mol. The van der Waals surface area contributed by atoms with E-state index in [0.717, 1.165) is 48.6 Å². The van der Waals surface area contributed by atoms with E-state index in [1.807, 2.05) is 18.2 Å². The van der Waals surface area contributed by atoms with E-state index >= 15 is 0 Å². The SMILES string of the molecule is CN=C(NCc1cc(C(C)C)no1)NCC1CCN(Cc2ccccc2Cl)CC1.I. The second kappa shape index (κ2) is 12.5. The van der Waals surface area contributed by atoms with Crippen LogP contribution in [0.3, 0.4) is 0 Å². The Labute approximate surface area is 201 Å². The number of hydrogen-bond acceptors (Lipinski definition) is 4. The molecule has 2 N–H and O–H groups in total. The van der Waals surface area contributed by atoms with Gasteiger partial charge < -0.3 is 15.2 Å². The Bertz CT molecular complexity index is 802. The lowest BCUT2D eigenvalue weighted by molar-refractivity contribution is 0.178. The molecule has 1 saturated heterocycles. The van der Waals surface area contributed by atoms with Crippen molar-refractivity contribution in [2.75, 3.05) is 26.7 Å². The highest BCUT2D eigenvalue weighted by atomic mass is 127. The zero-order chi connectivity index (χ0) is 20.6. The third-order valence-corrected chi connectivity index (χ3v) is 5.81. The van der Waals surface area contributed by atoms with Gasteiger partial charge in [-0.1, -0.05) is 48.8 Å². The molecule has 0 unspecified atom stereocenters. The summed E-state index contributed by atoms with van der Waals surface area (Å²) in [7, 11) is 1.79. The Balaban J connectivity index is 0.00000320. The second-order valence-corrected chi connectivity index (χ2v) is 8.40. The fourth-order valence-corrected chi connectivity index (χ4v) is 3.73. The van der Waals surface area contributed by atoms with Crippen LogP contribution in [0.2, 0.25) is 5.02 Å². The van der Waals surface area contributed by atoms with Crippen LogP contribution in [0.4, 0.5) is 0 Å². The van der Waals surface area contributed by atoms with Crippen molar-refractivity contribution in [1.29, 1.82) is 0 Å². The van der Waals surface area contributed by atoms with Gasteiger partial charge in [0.2, 0.25) is 0 Å². The molecule has 0 bridgehead atoms. The summed E-state index contributed by atoms with van der Waals surface area (Å²) >= 11 is 6.30. The molecule has 8 heteroatoms. The quantitative estimate of drug-likeness (QED) is 0.301. The molecular formula is C22H33ClIN5O. The van der Waals surface area contributed by atoms with E-state index in [9.17, 15) is 0 Å². The Hall–Kier alpha value is -1.32. The molecule has 0 spiro atoms. The van der Waals surface area contributed by atoms with Crippen LogP contribution in [-0.4, -0.2) is 42.7 Å². The number of aliphatic imine (C=N–C) groups is 1. The Kier molecular flexibility index (Phi) is 10.4. The van der Waals surface area contributed by atoms with Gasteiger partial charge in [0.05, 0.1) is 12.2 Å². The summed E-state index contributed by atoms with van der Waals surface area (Å²) in [5.74, 6) is 2.64. The first-order chi connectivity index (χ1) is 14.0. The van der Waals surface area contributed by atoms with E-state index in [2.05, 4.69) is 51.7 Å². The van der Waals surface area contributed by atoms with E-state index < -0.39 is 0 Å². The van der Waals surface area contributed by atoms with E-state index in [1.54, 1.807) is 7.05 Å². The van der Waals surface area contributed by atoms with Crippen LogP contribution in [-0.2, 0) is 13.1 Å². The van der Waals surface area contributed by atoms with Crippen molar-refractivity contribution in [3.8, 4) is 0 Å². The minimum absolute atomic E-state index is 0. The van der Waals surface area contributed by atoms with Crippen molar-refractivity contribution in [2.24, 2.45) is 10.9 Å². The largest absolute Gasteiger partial charge is 0.359 e. The minimum Gasteiger partial charge on any atom is -0.359 e. The minimum atomic E-state index is 0. The third kappa shape index (κ3) is 7.42. The smallest absolute Gasteiger partial charge is 0.191 e. The normalized spacial score (nSPS) is 15.8. The van der Waals surface area contributed by atoms with Crippen LogP contribution in [0.1, 0.15) is 49.6 Å². The van der Waals surface area contributed by atoms with E-state index in [1.165, 1.54) is 18.4 Å². The van der Waals surface area contributed by atoms with Crippen LogP contribution >= 0.6 is 35.6 Å². The lowest BCUT2D eigenvalue weighted by Crippen LogP contribution is -2.42. The van der Waals surface area contributed by atoms with Crippen LogP contribution in [0, 0.1) is 5.92 Å². The fourth-order valence-electron chi connectivity index (χ4n) is 3.53. The zero-order valence-electron chi connectivity index (χ0n) is 18.0. The molecule has 1 aromatic heterocycles. The molecule has 0 radical (unpaired) electrons. The highest BCUT2D eigenvalue weighted by molar-refractivity contribution is 14.0. The summed E-state index contributed by atoms with van der Waals surface area (Å²) in [4.78, 5) is 6.80. The molecule has 0 saturated carbocycles. The summed E-state index contributed by atoms with van der Waals surface area (Å²) in [6, 6.07) is 10.1. The van der Waals surface area contributed by atoms with E-state index in [-0.39, 0.29) is 24.0 Å². The number of aromatic nitrogens is 1. The molecule has 1 aliphatic heterocycles. The van der Waals surface area contributed by atoms with Gasteiger partial charge in [-0.05, 0) is 49.4 Å². The van der Waals surface area contributed by atoms with Crippen molar-refractivity contribution >= 4 is 41.5 Å². The van der Waals surface area contributed by atoms with Gasteiger partial charge >= 0.3 is 0 Å². The molecule has 1 aromatic carbocycles. The molecule has 0 amide bonds. The van der Waals surface area contributed by atoms with Crippen molar-refractivity contribution < 1.29 is 4.52 Å². The van der Waals surface area contributed by atoms with Gasteiger partial charge in [0.15, 0.2) is 11.7 Å². The molecule has 2 aromatic rings. The van der Waals surface area contributed by atoms with Crippen molar-refractivity contribution in [3.63, 3.8) is 0 Å². The van der Waals surface area contributed by atoms with Crippen LogP contribution in [0.15, 0.2) is 39.8 Å². The van der Waals surface area contributed by atoms with Gasteiger partial charge in [-0.3, -0.25) is 9.89 Å². The maximum atomic E-state index is 6.30. The number of likely N-dealkylation sites (tertiary alicyclic amines) is 1. The Morgan fingerprint density at radius 2 is 2.00 bits per heavy atom. The summed E-state index contributed by atoms with van der Waals surface area (Å²) < 4.78 is 5.37. The van der Waals surface area contributed by atoms with Gasteiger partial charge in [-0.15, -0.1) is 24.0 Å². The van der Waals surface area contributed by atoms with Crippen molar-refractivity contribution in [2.45, 2.75) is 45.7 Å². The number of nitrogens with zero attached hydrogens (tertiary/aromatic N) is 3. The Morgan fingerprint density at radius 1 is 1.27 bits per heavy atom. The number of hydrogen-bond donors (Lipinski definition) is 2. The van der Waals surface area contributed by atoms with Crippen LogP contribution in [0.5, 0.6) is 0 Å². The molecule has 1 fully saturated rings. The molecule has 6 nitrogen and oxygen atoms in total. The van der Waals surface area contributed by atoms with Gasteiger partial charge in [0, 0.05) is 31.2 Å². The van der Waals surface area contributed by atoms with Crippen LogP contribution in [0.25, 0.3) is 0 Å². The topological polar surface area (TPSA) is 65.7 Å². The predicted octanol–water partition coefficient (Wildman–Crippen LogP) is 4.65. The van der Waals surface area contributed by atoms with Crippen molar-refractivity contribution in [3.05, 3.63) is 52.4 Å². The monoisotopic (exact) mass is 545 g/mol. The van der Waals surface area contributed by atoms with Gasteiger partial charge in [-0.2, -0.15) is 0 Å². The van der Waals surface area contributed by atoms with E-state index in [0.29, 0.717) is 18.4 Å². The second-order valence-electron chi connectivity index (χ2n) is 7.99. The van der Waals surface area contributed by atoms with Gasteiger partial charge in [0.1, 0.15) is 0 Å². The number of rotatable bonds is 7. The summed E-state index contributed by atoms with van der Waals surface area (Å²) in [6.45, 7) is 8.84. The zero-order valence-corrected chi connectivity index (χ0v) is 21.1. The van der Waals surface area contributed by atoms with Gasteiger partial charge in [-0.25, -0.2) is 0 Å². The fraction of sp³-hybridized carbons (Fsp3) is 0.545. The molecule has 166 valence electrons. The number of guanidine groups is 1. The first-order valence-corrected chi connectivity index (χ1v) is 10.8. The summed E-state index contributed by atoms with van der Waals surface area (Å²) in [6.07, 6.45) is 2.35. The average molecular weight is 546 g/mol. The first kappa shape index (κ1) is 24.9. The predicted molar refractivity (Wildman–Crippen MR) is 134 cm³/mol. The van der Waals surface area contributed by atoms with Crippen LogP contribution < -0.4 is 10.6 Å². The lowest BCUT2D eigenvalue weighted by Gasteiger charge is -2.32. The lowest BCUT2D eigenvalue weighted by atomic mass is 9.96. The molecule has 2 heterocycles. The average Bonchev–Trinajstić information content (AvgIpc) is 3.20. The molecule has 3 rings (SSSR count). The van der Waals surface area contributed by atoms with E-state index in [4.69, 9.17) is 16.1 Å². The first-order valence-electron chi connectivity index (χ1n) is 10.4. The highest BCUT2D eigenvalue weighted by Crippen LogP contribution is 2.22. The number of piperidine rings is 1. The maximum absolute atomic E-state index is 6.30. The maximum Gasteiger partial charge on any atom is 0.191 e. The third-order valence-electron chi connectivity index (χ3n) is 5.44. The van der Waals surface area contributed by atoms with Crippen molar-refractivity contribution in [1.82, 2.24) is 20.7 Å². The standard InChI is InChI=1S/C22H32ClN5O.HI/c1-16(2)21-12-19(29-27-21)14-26-22(24-3)25-13-17-8-10-28(11-9-17)15-18-6-4-5-7-20(18)23;/h4-7,12,16-17H,8-11,13-15H2,1-3H3,(H2,24,25,26);1H. The molecule has 30 heavy (non-hydrogen) atoms. The highest BCUT2D eigenvalue weighted by Gasteiger charge is 2.20. The number of halogens is 2. The van der Waals surface area contributed by atoms with Gasteiger partial charge in [0.25, 0.3) is 0 Å². The molecule has 0 aliphatic carbocycles. The number of benzene rings is 1. The molecule has 1 aliphatic rings. The summed E-state index contributed by atoms with van der Waals surface area (Å²) in [5, 5.41) is 11.7. The number of nitrogens with one attached hydrogen (secondary N) is 2. The molecule has 0 atom stereocenters.